The number of amides is 1. The molecule has 1 atom stereocenters. The van der Waals surface area contributed by atoms with Crippen LogP contribution in [-0.2, 0) is 0 Å². The molecule has 1 aliphatic heterocycles. The van der Waals surface area contributed by atoms with Crippen molar-refractivity contribution in [2.75, 3.05) is 26.2 Å². The van der Waals surface area contributed by atoms with Gasteiger partial charge in [0.15, 0.2) is 0 Å². The zero-order chi connectivity index (χ0) is 19.5. The van der Waals surface area contributed by atoms with Crippen molar-refractivity contribution in [3.05, 3.63) is 47.6 Å². The van der Waals surface area contributed by atoms with Gasteiger partial charge in [-0.3, -0.25) is 14.8 Å². The van der Waals surface area contributed by atoms with Crippen molar-refractivity contribution >= 4 is 17.2 Å². The minimum absolute atomic E-state index is 0.0295. The largest absolute Gasteiger partial charge is 0.336 e. The molecule has 0 aliphatic carbocycles. The molecule has 7 heteroatoms. The maximum atomic E-state index is 13.0. The van der Waals surface area contributed by atoms with Crippen molar-refractivity contribution in [3.8, 4) is 21.8 Å². The lowest BCUT2D eigenvalue weighted by Crippen LogP contribution is -2.38. The van der Waals surface area contributed by atoms with Crippen LogP contribution in [0.3, 0.4) is 0 Å². The molecule has 0 spiro atoms. The van der Waals surface area contributed by atoms with E-state index in [-0.39, 0.29) is 5.91 Å². The van der Waals surface area contributed by atoms with Crippen LogP contribution in [0.1, 0.15) is 30.8 Å². The van der Waals surface area contributed by atoms with Crippen LogP contribution in [0.2, 0.25) is 0 Å². The second kappa shape index (κ2) is 8.24. The van der Waals surface area contributed by atoms with Gasteiger partial charge in [-0.25, -0.2) is 4.98 Å². The average molecular weight is 396 g/mol. The van der Waals surface area contributed by atoms with E-state index in [1.807, 2.05) is 46.8 Å². The van der Waals surface area contributed by atoms with E-state index in [2.05, 4.69) is 33.9 Å². The summed E-state index contributed by atoms with van der Waals surface area (Å²) in [5.41, 5.74) is 3.35. The molecule has 1 N–H and O–H groups in total. The van der Waals surface area contributed by atoms with Gasteiger partial charge in [-0.2, -0.15) is 5.10 Å². The average Bonchev–Trinajstić information content (AvgIpc) is 3.48. The molecule has 1 unspecified atom stereocenters. The molecular formula is C21H25N5OS. The third kappa shape index (κ3) is 3.59. The maximum absolute atomic E-state index is 13.0. The van der Waals surface area contributed by atoms with E-state index in [9.17, 15) is 4.79 Å². The molecule has 1 fully saturated rings. The van der Waals surface area contributed by atoms with Crippen LogP contribution in [0, 0.1) is 0 Å². The molecule has 3 heterocycles. The monoisotopic (exact) mass is 395 g/mol. The Kier molecular flexibility index (Phi) is 5.54. The summed E-state index contributed by atoms with van der Waals surface area (Å²) in [5.74, 6) is 0.0295. The number of hydrogen-bond donors (Lipinski definition) is 1. The highest BCUT2D eigenvalue weighted by molar-refractivity contribution is 7.13. The fraction of sp³-hybridized carbons (Fsp3) is 0.381. The van der Waals surface area contributed by atoms with Crippen LogP contribution < -0.4 is 0 Å². The van der Waals surface area contributed by atoms with Crippen LogP contribution in [0.25, 0.3) is 21.8 Å². The molecule has 2 aromatic heterocycles. The number of hydrogen-bond acceptors (Lipinski definition) is 5. The number of carbonyl (C=O) groups is 1. The normalized spacial score (nSPS) is 16.8. The van der Waals surface area contributed by atoms with Gasteiger partial charge in [0.25, 0.3) is 5.91 Å². The zero-order valence-electron chi connectivity index (χ0n) is 16.3. The van der Waals surface area contributed by atoms with Gasteiger partial charge in [0, 0.05) is 36.3 Å². The number of rotatable bonds is 6. The molecule has 0 bridgehead atoms. The summed E-state index contributed by atoms with van der Waals surface area (Å²) in [5, 5.41) is 10.00. The number of H-pyrrole nitrogens is 1. The highest BCUT2D eigenvalue weighted by Crippen LogP contribution is 2.32. The fourth-order valence-corrected chi connectivity index (χ4v) is 4.70. The van der Waals surface area contributed by atoms with Crippen LogP contribution in [0.15, 0.2) is 41.9 Å². The highest BCUT2D eigenvalue weighted by atomic mass is 32.1. The summed E-state index contributed by atoms with van der Waals surface area (Å²) in [6.07, 6.45) is 2.88. The predicted molar refractivity (Wildman–Crippen MR) is 112 cm³/mol. The number of aromatic amines is 1. The van der Waals surface area contributed by atoms with Crippen molar-refractivity contribution in [2.45, 2.75) is 26.3 Å². The van der Waals surface area contributed by atoms with Crippen LogP contribution >= 0.6 is 11.3 Å². The van der Waals surface area contributed by atoms with Crippen molar-refractivity contribution < 1.29 is 4.79 Å². The summed E-state index contributed by atoms with van der Waals surface area (Å²) >= 11 is 1.49. The summed E-state index contributed by atoms with van der Waals surface area (Å²) in [7, 11) is 0. The van der Waals surface area contributed by atoms with Gasteiger partial charge in [-0.1, -0.05) is 44.2 Å². The van der Waals surface area contributed by atoms with Crippen molar-refractivity contribution in [1.29, 1.82) is 0 Å². The number of thiazole rings is 1. The molecule has 6 nitrogen and oxygen atoms in total. The third-order valence-corrected chi connectivity index (χ3v) is 6.30. The Morgan fingerprint density at radius 3 is 2.82 bits per heavy atom. The quantitative estimate of drug-likeness (QED) is 0.690. The lowest BCUT2D eigenvalue weighted by molar-refractivity contribution is 0.0773. The standard InChI is InChI=1S/C21H25N5OS/c1-3-25(4-2)16-10-11-26(13-16)21(27)18-14-28-20(23-18)17-12-22-24-19(17)15-8-6-5-7-9-15/h5-9,12,14,16H,3-4,10-11,13H2,1-2H3,(H,22,24). The summed E-state index contributed by atoms with van der Waals surface area (Å²) in [4.78, 5) is 22.0. The topological polar surface area (TPSA) is 65.1 Å². The lowest BCUT2D eigenvalue weighted by Gasteiger charge is -2.25. The first kappa shape index (κ1) is 18.8. The Bertz CT molecular complexity index is 931. The van der Waals surface area contributed by atoms with Crippen LogP contribution in [0.4, 0.5) is 0 Å². The smallest absolute Gasteiger partial charge is 0.273 e. The maximum Gasteiger partial charge on any atom is 0.273 e. The summed E-state index contributed by atoms with van der Waals surface area (Å²) < 4.78 is 0. The summed E-state index contributed by atoms with van der Waals surface area (Å²) in [6.45, 7) is 7.98. The number of aromatic nitrogens is 3. The van der Waals surface area contributed by atoms with E-state index in [0.717, 1.165) is 54.4 Å². The second-order valence-electron chi connectivity index (χ2n) is 6.97. The Morgan fingerprint density at radius 2 is 2.07 bits per heavy atom. The lowest BCUT2D eigenvalue weighted by atomic mass is 10.1. The van der Waals surface area contributed by atoms with Crippen molar-refractivity contribution in [2.24, 2.45) is 0 Å². The molecule has 0 radical (unpaired) electrons. The molecule has 1 aromatic carbocycles. The van der Waals surface area contributed by atoms with E-state index in [1.54, 1.807) is 0 Å². The van der Waals surface area contributed by atoms with Crippen molar-refractivity contribution in [1.82, 2.24) is 25.0 Å². The van der Waals surface area contributed by atoms with Crippen LogP contribution in [0.5, 0.6) is 0 Å². The Morgan fingerprint density at radius 1 is 1.29 bits per heavy atom. The molecule has 146 valence electrons. The first-order chi connectivity index (χ1) is 13.7. The van der Waals surface area contributed by atoms with Gasteiger partial charge in [-0.15, -0.1) is 11.3 Å². The van der Waals surface area contributed by atoms with Crippen LogP contribution in [-0.4, -0.2) is 63.1 Å². The highest BCUT2D eigenvalue weighted by Gasteiger charge is 2.30. The molecule has 4 rings (SSSR count). The Balaban J connectivity index is 1.52. The number of nitrogens with one attached hydrogen (secondary N) is 1. The first-order valence-corrected chi connectivity index (χ1v) is 10.7. The van der Waals surface area contributed by atoms with Gasteiger partial charge in [0.2, 0.25) is 0 Å². The van der Waals surface area contributed by atoms with E-state index >= 15 is 0 Å². The van der Waals surface area contributed by atoms with Gasteiger partial charge >= 0.3 is 0 Å². The Labute approximate surface area is 169 Å². The first-order valence-electron chi connectivity index (χ1n) is 9.79. The SMILES string of the molecule is CCN(CC)C1CCN(C(=O)c2csc(-c3c[nH]nc3-c3ccccc3)n2)C1. The molecule has 3 aromatic rings. The van der Waals surface area contributed by atoms with E-state index in [0.29, 0.717) is 11.7 Å². The number of nitrogens with zero attached hydrogens (tertiary/aromatic N) is 4. The van der Waals surface area contributed by atoms with Gasteiger partial charge < -0.3 is 4.90 Å². The molecule has 0 saturated carbocycles. The Hall–Kier alpha value is -2.51. The fourth-order valence-electron chi connectivity index (χ4n) is 3.89. The zero-order valence-corrected chi connectivity index (χ0v) is 17.1. The predicted octanol–water partition coefficient (Wildman–Crippen LogP) is 3.76. The summed E-state index contributed by atoms with van der Waals surface area (Å²) in [6, 6.07) is 10.5. The van der Waals surface area contributed by atoms with E-state index in [4.69, 9.17) is 0 Å². The number of likely N-dealkylation sites (N-methyl/N-ethyl adjacent to an activating group) is 1. The molecule has 28 heavy (non-hydrogen) atoms. The molecule has 1 saturated heterocycles. The van der Waals surface area contributed by atoms with Gasteiger partial charge in [0.05, 0.1) is 5.56 Å². The van der Waals surface area contributed by atoms with E-state index in [1.165, 1.54) is 11.3 Å². The number of benzene rings is 1. The minimum Gasteiger partial charge on any atom is -0.336 e. The van der Waals surface area contributed by atoms with Gasteiger partial charge in [-0.05, 0) is 19.5 Å². The van der Waals surface area contributed by atoms with Gasteiger partial charge in [0.1, 0.15) is 16.4 Å². The molecule has 1 amide bonds. The second-order valence-corrected chi connectivity index (χ2v) is 7.82. The van der Waals surface area contributed by atoms with E-state index < -0.39 is 0 Å². The number of likely N-dealkylation sites (tertiary alicyclic amines) is 1. The minimum atomic E-state index is 0.0295. The third-order valence-electron chi connectivity index (χ3n) is 5.42. The van der Waals surface area contributed by atoms with Crippen molar-refractivity contribution in [3.63, 3.8) is 0 Å². The number of carbonyl (C=O) groups excluding carboxylic acids is 1. The molecule has 1 aliphatic rings. The molecular weight excluding hydrogens is 370 g/mol.